The van der Waals surface area contributed by atoms with Crippen LogP contribution in [0.3, 0.4) is 0 Å². The highest BCUT2D eigenvalue weighted by Gasteiger charge is 2.29. The van der Waals surface area contributed by atoms with E-state index in [0.717, 1.165) is 5.56 Å². The number of fused-ring (bicyclic) bond motifs is 1. The number of ether oxygens (including phenoxy) is 1. The summed E-state index contributed by atoms with van der Waals surface area (Å²) in [6, 6.07) is 4.98. The average molecular weight is 278 g/mol. The van der Waals surface area contributed by atoms with Gasteiger partial charge in [0.1, 0.15) is 5.75 Å². The third kappa shape index (κ3) is 2.75. The van der Waals surface area contributed by atoms with Crippen molar-refractivity contribution in [1.29, 1.82) is 0 Å². The molecule has 0 aromatic heterocycles. The number of aliphatic carboxylic acids is 1. The molecule has 20 heavy (non-hydrogen) atoms. The van der Waals surface area contributed by atoms with Gasteiger partial charge in [0.15, 0.2) is 6.10 Å². The first-order valence-electron chi connectivity index (χ1n) is 6.45. The summed E-state index contributed by atoms with van der Waals surface area (Å²) in [6.45, 7) is 1.70. The van der Waals surface area contributed by atoms with E-state index < -0.39 is 12.1 Å². The molecule has 1 aromatic carbocycles. The van der Waals surface area contributed by atoms with Gasteiger partial charge in [-0.25, -0.2) is 0 Å². The lowest BCUT2D eigenvalue weighted by Gasteiger charge is -2.31. The van der Waals surface area contributed by atoms with E-state index in [-0.39, 0.29) is 18.4 Å². The Labute approximate surface area is 117 Å². The van der Waals surface area contributed by atoms with Crippen LogP contribution in [-0.2, 0) is 9.59 Å². The molecule has 3 N–H and O–H groups in total. The minimum atomic E-state index is -0.872. The van der Waals surface area contributed by atoms with Gasteiger partial charge in [0, 0.05) is 19.5 Å². The Morgan fingerprint density at radius 1 is 1.55 bits per heavy atom. The van der Waals surface area contributed by atoms with Crippen LogP contribution in [0.15, 0.2) is 18.2 Å². The molecule has 2 unspecified atom stereocenters. The van der Waals surface area contributed by atoms with Crippen molar-refractivity contribution in [3.05, 3.63) is 23.8 Å². The van der Waals surface area contributed by atoms with Gasteiger partial charge in [-0.15, -0.1) is 0 Å². The molecule has 0 bridgehead atoms. The maximum Gasteiger partial charge on any atom is 0.303 e. The van der Waals surface area contributed by atoms with Crippen molar-refractivity contribution in [2.45, 2.75) is 31.9 Å². The van der Waals surface area contributed by atoms with Crippen molar-refractivity contribution >= 4 is 17.6 Å². The normalized spacial score (nSPS) is 19.2. The smallest absolute Gasteiger partial charge is 0.303 e. The molecule has 108 valence electrons. The number of benzene rings is 1. The number of amides is 1. The first-order chi connectivity index (χ1) is 9.40. The van der Waals surface area contributed by atoms with E-state index in [1.165, 1.54) is 4.90 Å². The van der Waals surface area contributed by atoms with Crippen LogP contribution < -0.4 is 15.4 Å². The van der Waals surface area contributed by atoms with E-state index in [9.17, 15) is 9.59 Å². The first kappa shape index (κ1) is 14.3. The van der Waals surface area contributed by atoms with Gasteiger partial charge in [0.25, 0.3) is 5.91 Å². The molecule has 0 radical (unpaired) electrons. The second-order valence-electron chi connectivity index (χ2n) is 4.92. The highest BCUT2D eigenvalue weighted by Crippen LogP contribution is 2.35. The number of nitrogens with two attached hydrogens (primary N) is 1. The molecule has 1 aliphatic heterocycles. The van der Waals surface area contributed by atoms with E-state index in [1.807, 2.05) is 6.07 Å². The highest BCUT2D eigenvalue weighted by atomic mass is 16.5. The molecule has 1 amide bonds. The van der Waals surface area contributed by atoms with Crippen molar-refractivity contribution in [3.63, 3.8) is 0 Å². The molecule has 6 nitrogen and oxygen atoms in total. The van der Waals surface area contributed by atoms with E-state index in [0.29, 0.717) is 17.9 Å². The number of rotatable bonds is 4. The molecule has 2 rings (SSSR count). The molecule has 0 aliphatic carbocycles. The Bertz CT molecular complexity index is 544. The van der Waals surface area contributed by atoms with Gasteiger partial charge in [0.05, 0.1) is 5.69 Å². The summed E-state index contributed by atoms with van der Waals surface area (Å²) < 4.78 is 5.52. The fourth-order valence-corrected chi connectivity index (χ4v) is 2.20. The number of nitrogens with zero attached hydrogens (tertiary/aromatic N) is 1. The molecule has 0 saturated heterocycles. The zero-order valence-corrected chi connectivity index (χ0v) is 11.5. The van der Waals surface area contributed by atoms with Crippen LogP contribution in [0.5, 0.6) is 5.75 Å². The summed E-state index contributed by atoms with van der Waals surface area (Å²) in [6.07, 6.45) is -0.136. The van der Waals surface area contributed by atoms with Crippen LogP contribution in [-0.4, -0.2) is 30.1 Å². The molecular formula is C14H18N2O4. The first-order valence-corrected chi connectivity index (χ1v) is 6.45. The van der Waals surface area contributed by atoms with Crippen LogP contribution in [0, 0.1) is 0 Å². The predicted molar refractivity (Wildman–Crippen MR) is 73.7 cm³/mol. The zero-order chi connectivity index (χ0) is 14.9. The average Bonchev–Trinajstić information content (AvgIpc) is 2.42. The van der Waals surface area contributed by atoms with Gasteiger partial charge >= 0.3 is 5.97 Å². The van der Waals surface area contributed by atoms with E-state index in [2.05, 4.69) is 0 Å². The maximum atomic E-state index is 11.9. The fourth-order valence-electron chi connectivity index (χ4n) is 2.20. The lowest BCUT2D eigenvalue weighted by molar-refractivity contribution is -0.137. The number of carbonyl (C=O) groups is 2. The molecule has 2 atom stereocenters. The van der Waals surface area contributed by atoms with Gasteiger partial charge in [-0.2, -0.15) is 0 Å². The highest BCUT2D eigenvalue weighted by molar-refractivity contribution is 5.99. The topological polar surface area (TPSA) is 92.9 Å². The Hall–Kier alpha value is -2.08. The minimum Gasteiger partial charge on any atom is -0.481 e. The van der Waals surface area contributed by atoms with Crippen LogP contribution >= 0.6 is 0 Å². The van der Waals surface area contributed by atoms with Gasteiger partial charge in [-0.05, 0) is 31.0 Å². The summed E-state index contributed by atoms with van der Waals surface area (Å²) in [5.74, 6) is -0.356. The monoisotopic (exact) mass is 278 g/mol. The molecule has 0 fully saturated rings. The second kappa shape index (κ2) is 5.50. The summed E-state index contributed by atoms with van der Waals surface area (Å²) in [5, 5.41) is 8.68. The SMILES string of the molecule is CC1Oc2ccc(C(N)CCC(=O)O)cc2N(C)C1=O. The third-order valence-corrected chi connectivity index (χ3v) is 3.42. The number of hydrogen-bond acceptors (Lipinski definition) is 4. The number of hydrogen-bond donors (Lipinski definition) is 2. The van der Waals surface area contributed by atoms with Gasteiger partial charge in [-0.1, -0.05) is 6.07 Å². The largest absolute Gasteiger partial charge is 0.481 e. The van der Waals surface area contributed by atoms with Gasteiger partial charge in [-0.3, -0.25) is 9.59 Å². The van der Waals surface area contributed by atoms with Crippen molar-refractivity contribution in [2.75, 3.05) is 11.9 Å². The molecule has 6 heteroatoms. The van der Waals surface area contributed by atoms with Crippen LogP contribution in [0.25, 0.3) is 0 Å². The molecule has 1 heterocycles. The molecule has 0 spiro atoms. The van der Waals surface area contributed by atoms with Crippen molar-refractivity contribution in [1.82, 2.24) is 0 Å². The van der Waals surface area contributed by atoms with Crippen molar-refractivity contribution < 1.29 is 19.4 Å². The Morgan fingerprint density at radius 2 is 2.25 bits per heavy atom. The van der Waals surface area contributed by atoms with Crippen molar-refractivity contribution in [3.8, 4) is 5.75 Å². The summed E-state index contributed by atoms with van der Waals surface area (Å²) in [7, 11) is 1.69. The van der Waals surface area contributed by atoms with Crippen LogP contribution in [0.1, 0.15) is 31.4 Å². The number of carboxylic acids is 1. The minimum absolute atomic E-state index is 0.0144. The summed E-state index contributed by atoms with van der Waals surface area (Å²) >= 11 is 0. The van der Waals surface area contributed by atoms with E-state index in [4.69, 9.17) is 15.6 Å². The van der Waals surface area contributed by atoms with Crippen LogP contribution in [0.2, 0.25) is 0 Å². The lowest BCUT2D eigenvalue weighted by atomic mass is 10.0. The van der Waals surface area contributed by atoms with Gasteiger partial charge in [0.2, 0.25) is 0 Å². The predicted octanol–water partition coefficient (Wildman–Crippen LogP) is 1.29. The third-order valence-electron chi connectivity index (χ3n) is 3.42. The summed E-state index contributed by atoms with van der Waals surface area (Å²) in [4.78, 5) is 24.0. The molecule has 1 aliphatic rings. The zero-order valence-electron chi connectivity index (χ0n) is 11.5. The second-order valence-corrected chi connectivity index (χ2v) is 4.92. The number of likely N-dealkylation sites (N-methyl/N-ethyl adjacent to an activating group) is 1. The van der Waals surface area contributed by atoms with Crippen molar-refractivity contribution in [2.24, 2.45) is 5.73 Å². The quantitative estimate of drug-likeness (QED) is 0.865. The Kier molecular flexibility index (Phi) is 3.94. The van der Waals surface area contributed by atoms with E-state index >= 15 is 0 Å². The molecular weight excluding hydrogens is 260 g/mol. The number of carbonyl (C=O) groups excluding carboxylic acids is 1. The standard InChI is InChI=1S/C14H18N2O4/c1-8-14(19)16(2)11-7-9(3-5-12(11)20-8)10(15)4-6-13(17)18/h3,5,7-8,10H,4,6,15H2,1-2H3,(H,17,18). The number of carboxylic acid groups (broad SMARTS) is 1. The van der Waals surface area contributed by atoms with E-state index in [1.54, 1.807) is 26.1 Å². The Balaban J connectivity index is 2.23. The Morgan fingerprint density at radius 3 is 2.90 bits per heavy atom. The molecule has 0 saturated carbocycles. The van der Waals surface area contributed by atoms with Crippen LogP contribution in [0.4, 0.5) is 5.69 Å². The maximum absolute atomic E-state index is 11.9. The summed E-state index contributed by atoms with van der Waals surface area (Å²) in [5.41, 5.74) is 7.43. The number of anilines is 1. The lowest BCUT2D eigenvalue weighted by Crippen LogP contribution is -2.42. The van der Waals surface area contributed by atoms with Gasteiger partial charge < -0.3 is 20.5 Å². The molecule has 1 aromatic rings. The fraction of sp³-hybridized carbons (Fsp3) is 0.429.